The van der Waals surface area contributed by atoms with Crippen molar-refractivity contribution in [3.05, 3.63) is 59.2 Å². The zero-order chi connectivity index (χ0) is 24.8. The van der Waals surface area contributed by atoms with Crippen LogP contribution in [0.15, 0.2) is 42.5 Å². The van der Waals surface area contributed by atoms with Gasteiger partial charge in [-0.2, -0.15) is 0 Å². The molecule has 0 aromatic heterocycles. The van der Waals surface area contributed by atoms with E-state index in [2.05, 4.69) is 0 Å². The summed E-state index contributed by atoms with van der Waals surface area (Å²) in [4.78, 5) is 51.3. The molecule has 8 heteroatoms. The molecule has 8 nitrogen and oxygen atoms in total. The predicted octanol–water partition coefficient (Wildman–Crippen LogP) is 3.44. The molecule has 0 bridgehead atoms. The summed E-state index contributed by atoms with van der Waals surface area (Å²) in [5, 5.41) is 9.19. The van der Waals surface area contributed by atoms with E-state index in [4.69, 9.17) is 10.5 Å². The molecule has 1 saturated heterocycles. The Balaban J connectivity index is 1.79. The highest BCUT2D eigenvalue weighted by atomic mass is 16.5. The number of benzene rings is 2. The predicted molar refractivity (Wildman–Crippen MR) is 127 cm³/mol. The minimum absolute atomic E-state index is 0.00240. The molecule has 2 amide bonds. The number of nitrogens with zero attached hydrogens (tertiary/aromatic N) is 1. The van der Waals surface area contributed by atoms with Crippen molar-refractivity contribution in [2.45, 2.75) is 44.9 Å². The average molecular weight is 467 g/mol. The van der Waals surface area contributed by atoms with E-state index in [1.165, 1.54) is 6.07 Å². The first-order valence-electron chi connectivity index (χ1n) is 11.4. The summed E-state index contributed by atoms with van der Waals surface area (Å²) in [6.07, 6.45) is 1.59. The molecule has 0 aliphatic carbocycles. The second-order valence-electron chi connectivity index (χ2n) is 8.57. The van der Waals surface area contributed by atoms with Crippen LogP contribution in [0.4, 0.5) is 5.69 Å². The van der Waals surface area contributed by atoms with Gasteiger partial charge in [0.25, 0.3) is 0 Å². The number of rotatable bonds is 8. The normalized spacial score (nSPS) is 17.2. The highest BCUT2D eigenvalue weighted by molar-refractivity contribution is 6.02. The standard InChI is InChI=1S/C26H30N2O6/c1-3-16(17-9-11-21(26(32)33)22(27)13-17)14-24(30)28-15-20(29)10-8-19(25(28)31)12-18-6-4-5-7-23(18)34-2/h4-7,9,11,13,16,19H,3,8,10,12,14-15,27H2,1-2H3,(H,32,33)/t16-,19+/m0/s1. The smallest absolute Gasteiger partial charge is 0.337 e. The fraction of sp³-hybridized carbons (Fsp3) is 0.385. The van der Waals surface area contributed by atoms with Gasteiger partial charge in [0.1, 0.15) is 5.75 Å². The summed E-state index contributed by atoms with van der Waals surface area (Å²) in [5.41, 5.74) is 7.57. The lowest BCUT2D eigenvalue weighted by molar-refractivity contribution is -0.148. The maximum absolute atomic E-state index is 13.3. The van der Waals surface area contributed by atoms with Gasteiger partial charge in [-0.05, 0) is 54.5 Å². The second-order valence-corrected chi connectivity index (χ2v) is 8.57. The van der Waals surface area contributed by atoms with Gasteiger partial charge in [0.15, 0.2) is 5.78 Å². The number of amides is 2. The highest BCUT2D eigenvalue weighted by Gasteiger charge is 2.35. The lowest BCUT2D eigenvalue weighted by Crippen LogP contribution is -2.42. The highest BCUT2D eigenvalue weighted by Crippen LogP contribution is 2.30. The Morgan fingerprint density at radius 1 is 1.21 bits per heavy atom. The number of ketones is 1. The van der Waals surface area contributed by atoms with E-state index >= 15 is 0 Å². The topological polar surface area (TPSA) is 127 Å². The molecular formula is C26H30N2O6. The molecular weight excluding hydrogens is 436 g/mol. The molecule has 0 saturated carbocycles. The van der Waals surface area contributed by atoms with Crippen molar-refractivity contribution in [1.82, 2.24) is 4.90 Å². The number of anilines is 1. The van der Waals surface area contributed by atoms with Gasteiger partial charge in [-0.15, -0.1) is 0 Å². The van der Waals surface area contributed by atoms with Crippen molar-refractivity contribution < 1.29 is 29.0 Å². The first kappa shape index (κ1) is 25.0. The maximum Gasteiger partial charge on any atom is 0.337 e. The number of para-hydroxylation sites is 1. The number of hydrogen-bond acceptors (Lipinski definition) is 6. The Kier molecular flexibility index (Phi) is 8.04. The van der Waals surface area contributed by atoms with Crippen molar-refractivity contribution in [2.75, 3.05) is 19.4 Å². The summed E-state index contributed by atoms with van der Waals surface area (Å²) in [7, 11) is 1.56. The van der Waals surface area contributed by atoms with Crippen LogP contribution in [0.25, 0.3) is 0 Å². The minimum Gasteiger partial charge on any atom is -0.496 e. The third-order valence-electron chi connectivity index (χ3n) is 6.37. The number of carboxylic acids is 1. The van der Waals surface area contributed by atoms with Crippen LogP contribution in [0.3, 0.4) is 0 Å². The molecule has 3 rings (SSSR count). The molecule has 0 unspecified atom stereocenters. The SMILES string of the molecule is CC[C@@H](CC(=O)N1CC(=O)CC[C@H](Cc2ccccc2OC)C1=O)c1ccc(C(=O)O)c(N)c1. The van der Waals surface area contributed by atoms with Crippen molar-refractivity contribution in [3.63, 3.8) is 0 Å². The number of likely N-dealkylation sites (tertiary alicyclic amines) is 1. The lowest BCUT2D eigenvalue weighted by Gasteiger charge is -2.25. The third kappa shape index (κ3) is 5.62. The quantitative estimate of drug-likeness (QED) is 0.571. The number of carboxylic acid groups (broad SMARTS) is 1. The molecule has 0 spiro atoms. The Hall–Kier alpha value is -3.68. The largest absolute Gasteiger partial charge is 0.496 e. The molecule has 2 aromatic rings. The Morgan fingerprint density at radius 2 is 1.94 bits per heavy atom. The van der Waals surface area contributed by atoms with Crippen molar-refractivity contribution in [2.24, 2.45) is 5.92 Å². The maximum atomic E-state index is 13.3. The van der Waals surface area contributed by atoms with Crippen LogP contribution in [0.1, 0.15) is 60.0 Å². The fourth-order valence-corrected chi connectivity index (χ4v) is 4.40. The van der Waals surface area contributed by atoms with Crippen LogP contribution in [-0.2, 0) is 20.8 Å². The van der Waals surface area contributed by atoms with Crippen molar-refractivity contribution in [3.8, 4) is 5.75 Å². The number of Topliss-reactive ketones (excluding diaryl/α,β-unsaturated/α-hetero) is 1. The molecule has 3 N–H and O–H groups in total. The monoisotopic (exact) mass is 466 g/mol. The number of hydrogen-bond donors (Lipinski definition) is 2. The number of ether oxygens (including phenoxy) is 1. The van der Waals surface area contributed by atoms with Gasteiger partial charge in [0.2, 0.25) is 11.8 Å². The molecule has 2 aromatic carbocycles. The van der Waals surface area contributed by atoms with Crippen molar-refractivity contribution in [1.29, 1.82) is 0 Å². The molecule has 2 atom stereocenters. The van der Waals surface area contributed by atoms with Crippen LogP contribution in [-0.4, -0.2) is 47.2 Å². The summed E-state index contributed by atoms with van der Waals surface area (Å²) in [6, 6.07) is 12.0. The molecule has 1 aliphatic heterocycles. The summed E-state index contributed by atoms with van der Waals surface area (Å²) in [6.45, 7) is 1.68. The van der Waals surface area contributed by atoms with Gasteiger partial charge in [-0.25, -0.2) is 4.79 Å². The van der Waals surface area contributed by atoms with E-state index in [0.29, 0.717) is 25.0 Å². The second kappa shape index (κ2) is 11.0. The van der Waals surface area contributed by atoms with Crippen LogP contribution in [0, 0.1) is 5.92 Å². The van der Waals surface area contributed by atoms with E-state index in [0.717, 1.165) is 16.0 Å². The lowest BCUT2D eigenvalue weighted by atomic mass is 9.90. The van der Waals surface area contributed by atoms with Gasteiger partial charge >= 0.3 is 5.97 Å². The molecule has 34 heavy (non-hydrogen) atoms. The first-order valence-corrected chi connectivity index (χ1v) is 11.4. The van der Waals surface area contributed by atoms with Gasteiger partial charge in [-0.1, -0.05) is 31.2 Å². The van der Waals surface area contributed by atoms with Crippen LogP contribution >= 0.6 is 0 Å². The van der Waals surface area contributed by atoms with Gasteiger partial charge in [-0.3, -0.25) is 19.3 Å². The number of aromatic carboxylic acids is 1. The number of nitrogens with two attached hydrogens (primary N) is 1. The zero-order valence-electron chi connectivity index (χ0n) is 19.5. The fourth-order valence-electron chi connectivity index (χ4n) is 4.40. The average Bonchev–Trinajstić information content (AvgIpc) is 2.96. The third-order valence-corrected chi connectivity index (χ3v) is 6.37. The van der Waals surface area contributed by atoms with E-state index in [9.17, 15) is 24.3 Å². The van der Waals surface area contributed by atoms with E-state index in [1.54, 1.807) is 19.2 Å². The van der Waals surface area contributed by atoms with Gasteiger partial charge < -0.3 is 15.6 Å². The van der Waals surface area contributed by atoms with Crippen LogP contribution in [0.5, 0.6) is 5.75 Å². The van der Waals surface area contributed by atoms with Gasteiger partial charge in [0.05, 0.1) is 19.2 Å². The Morgan fingerprint density at radius 3 is 2.59 bits per heavy atom. The molecule has 1 fully saturated rings. The Bertz CT molecular complexity index is 1100. The summed E-state index contributed by atoms with van der Waals surface area (Å²) >= 11 is 0. The molecule has 0 radical (unpaired) electrons. The number of imide groups is 1. The van der Waals surface area contributed by atoms with Crippen molar-refractivity contribution >= 4 is 29.3 Å². The zero-order valence-corrected chi connectivity index (χ0v) is 19.5. The summed E-state index contributed by atoms with van der Waals surface area (Å²) in [5.74, 6) is -2.14. The molecule has 1 aliphatic rings. The molecule has 1 heterocycles. The summed E-state index contributed by atoms with van der Waals surface area (Å²) < 4.78 is 5.39. The van der Waals surface area contributed by atoms with E-state index < -0.39 is 17.8 Å². The number of methoxy groups -OCH3 is 1. The van der Waals surface area contributed by atoms with Crippen LogP contribution in [0.2, 0.25) is 0 Å². The Labute approximate surface area is 198 Å². The number of nitrogen functional groups attached to an aromatic ring is 1. The van der Waals surface area contributed by atoms with Crippen LogP contribution < -0.4 is 10.5 Å². The van der Waals surface area contributed by atoms with E-state index in [1.807, 2.05) is 31.2 Å². The molecule has 180 valence electrons. The van der Waals surface area contributed by atoms with Gasteiger partial charge in [0, 0.05) is 24.4 Å². The van der Waals surface area contributed by atoms with E-state index in [-0.39, 0.29) is 48.2 Å². The first-order chi connectivity index (χ1) is 16.2. The number of carbonyl (C=O) groups excluding carboxylic acids is 3. The minimum atomic E-state index is -1.12. The number of carbonyl (C=O) groups is 4.